The molecule has 1 fully saturated rings. The number of pyridine rings is 1. The molecule has 2 nitrogen and oxygen atoms in total. The third-order valence-electron chi connectivity index (χ3n) is 4.00. The molecule has 2 aromatic heterocycles. The lowest BCUT2D eigenvalue weighted by Gasteiger charge is -2.02. The van der Waals surface area contributed by atoms with Crippen molar-refractivity contribution in [1.29, 1.82) is 0 Å². The SMILES string of the molecule is Cc1c(-c2ccc(C3CC3)cc2)nc2ccccn12. The Labute approximate surface area is 112 Å². The van der Waals surface area contributed by atoms with Gasteiger partial charge in [-0.15, -0.1) is 0 Å². The molecule has 0 saturated heterocycles. The van der Waals surface area contributed by atoms with Crippen molar-refractivity contribution in [3.8, 4) is 11.3 Å². The van der Waals surface area contributed by atoms with Crippen molar-refractivity contribution in [2.24, 2.45) is 0 Å². The summed E-state index contributed by atoms with van der Waals surface area (Å²) in [4.78, 5) is 4.74. The Morgan fingerprint density at radius 2 is 1.84 bits per heavy atom. The molecule has 1 saturated carbocycles. The standard InChI is InChI=1S/C17H16N2/c1-12-17(18-16-4-2-3-11-19(12)16)15-9-7-14(8-10-15)13-5-6-13/h2-4,7-11,13H,5-6H2,1H3. The predicted molar refractivity (Wildman–Crippen MR) is 77.3 cm³/mol. The van der Waals surface area contributed by atoms with Crippen LogP contribution in [0.2, 0.25) is 0 Å². The molecular formula is C17H16N2. The first-order chi connectivity index (χ1) is 9.33. The second-order valence-electron chi connectivity index (χ2n) is 5.37. The number of rotatable bonds is 2. The van der Waals surface area contributed by atoms with Gasteiger partial charge in [-0.1, -0.05) is 30.3 Å². The van der Waals surface area contributed by atoms with Gasteiger partial charge in [-0.05, 0) is 43.4 Å². The molecule has 0 aliphatic heterocycles. The van der Waals surface area contributed by atoms with Gasteiger partial charge in [-0.2, -0.15) is 0 Å². The Morgan fingerprint density at radius 1 is 1.05 bits per heavy atom. The maximum atomic E-state index is 4.74. The van der Waals surface area contributed by atoms with Gasteiger partial charge in [-0.3, -0.25) is 0 Å². The average molecular weight is 248 g/mol. The number of aryl methyl sites for hydroxylation is 1. The van der Waals surface area contributed by atoms with E-state index in [-0.39, 0.29) is 0 Å². The van der Waals surface area contributed by atoms with Crippen LogP contribution in [-0.2, 0) is 0 Å². The molecular weight excluding hydrogens is 232 g/mol. The second-order valence-corrected chi connectivity index (χ2v) is 5.37. The number of benzene rings is 1. The number of imidazole rings is 1. The first-order valence-electron chi connectivity index (χ1n) is 6.87. The Kier molecular flexibility index (Phi) is 2.25. The average Bonchev–Trinajstić information content (AvgIpc) is 3.25. The van der Waals surface area contributed by atoms with E-state index >= 15 is 0 Å². The molecule has 94 valence electrons. The molecule has 1 aromatic carbocycles. The van der Waals surface area contributed by atoms with Crippen LogP contribution < -0.4 is 0 Å². The molecule has 0 unspecified atom stereocenters. The van der Waals surface area contributed by atoms with Crippen LogP contribution in [0.4, 0.5) is 0 Å². The summed E-state index contributed by atoms with van der Waals surface area (Å²) < 4.78 is 2.14. The Bertz CT molecular complexity index is 734. The smallest absolute Gasteiger partial charge is 0.137 e. The van der Waals surface area contributed by atoms with Crippen molar-refractivity contribution >= 4 is 5.65 Å². The van der Waals surface area contributed by atoms with Crippen molar-refractivity contribution in [2.75, 3.05) is 0 Å². The third-order valence-corrected chi connectivity index (χ3v) is 4.00. The van der Waals surface area contributed by atoms with Crippen LogP contribution in [-0.4, -0.2) is 9.38 Å². The first kappa shape index (κ1) is 10.8. The second kappa shape index (κ2) is 3.95. The molecule has 0 radical (unpaired) electrons. The molecule has 19 heavy (non-hydrogen) atoms. The Balaban J connectivity index is 1.82. The van der Waals surface area contributed by atoms with E-state index in [0.717, 1.165) is 17.3 Å². The molecule has 1 aliphatic rings. The van der Waals surface area contributed by atoms with Crippen molar-refractivity contribution in [3.05, 3.63) is 59.9 Å². The maximum absolute atomic E-state index is 4.74. The first-order valence-corrected chi connectivity index (χ1v) is 6.87. The zero-order valence-corrected chi connectivity index (χ0v) is 11.0. The van der Waals surface area contributed by atoms with Crippen LogP contribution in [0.1, 0.15) is 30.0 Å². The summed E-state index contributed by atoms with van der Waals surface area (Å²) in [7, 11) is 0. The van der Waals surface area contributed by atoms with Gasteiger partial charge < -0.3 is 4.40 Å². The number of hydrogen-bond donors (Lipinski definition) is 0. The van der Waals surface area contributed by atoms with E-state index in [1.54, 1.807) is 0 Å². The zero-order chi connectivity index (χ0) is 12.8. The normalized spacial score (nSPS) is 15.0. The van der Waals surface area contributed by atoms with E-state index in [9.17, 15) is 0 Å². The van der Waals surface area contributed by atoms with Gasteiger partial charge in [0.05, 0.1) is 5.69 Å². The van der Waals surface area contributed by atoms with Crippen LogP contribution >= 0.6 is 0 Å². The molecule has 0 bridgehead atoms. The lowest BCUT2D eigenvalue weighted by molar-refractivity contribution is 1.11. The molecule has 0 amide bonds. The highest BCUT2D eigenvalue weighted by Gasteiger charge is 2.23. The van der Waals surface area contributed by atoms with Crippen LogP contribution in [0.25, 0.3) is 16.9 Å². The van der Waals surface area contributed by atoms with E-state index in [4.69, 9.17) is 4.98 Å². The quantitative estimate of drug-likeness (QED) is 0.664. The molecule has 3 aromatic rings. The van der Waals surface area contributed by atoms with Gasteiger partial charge in [0.25, 0.3) is 0 Å². The zero-order valence-electron chi connectivity index (χ0n) is 11.0. The molecule has 0 spiro atoms. The number of nitrogens with zero attached hydrogens (tertiary/aromatic N) is 2. The number of hydrogen-bond acceptors (Lipinski definition) is 1. The summed E-state index contributed by atoms with van der Waals surface area (Å²) in [6.45, 7) is 2.13. The van der Waals surface area contributed by atoms with Crippen molar-refractivity contribution in [1.82, 2.24) is 9.38 Å². The van der Waals surface area contributed by atoms with Crippen molar-refractivity contribution in [2.45, 2.75) is 25.7 Å². The Morgan fingerprint density at radius 3 is 2.53 bits per heavy atom. The topological polar surface area (TPSA) is 17.3 Å². The summed E-state index contributed by atoms with van der Waals surface area (Å²) in [5.74, 6) is 0.816. The van der Waals surface area contributed by atoms with Crippen molar-refractivity contribution < 1.29 is 0 Å². The van der Waals surface area contributed by atoms with E-state index in [1.165, 1.54) is 29.7 Å². The maximum Gasteiger partial charge on any atom is 0.137 e. The highest BCUT2D eigenvalue weighted by Crippen LogP contribution is 2.40. The lowest BCUT2D eigenvalue weighted by atomic mass is 10.1. The minimum absolute atomic E-state index is 0.816. The van der Waals surface area contributed by atoms with Gasteiger partial charge in [0.2, 0.25) is 0 Å². The minimum atomic E-state index is 0.816. The van der Waals surface area contributed by atoms with Gasteiger partial charge in [0.1, 0.15) is 5.65 Å². The van der Waals surface area contributed by atoms with Crippen LogP contribution in [0.15, 0.2) is 48.7 Å². The fourth-order valence-electron chi connectivity index (χ4n) is 2.72. The Hall–Kier alpha value is -2.09. The summed E-state index contributed by atoms with van der Waals surface area (Å²) >= 11 is 0. The molecule has 4 rings (SSSR count). The molecule has 0 N–H and O–H groups in total. The fraction of sp³-hybridized carbons (Fsp3) is 0.235. The summed E-state index contributed by atoms with van der Waals surface area (Å²) in [5.41, 5.74) is 6.00. The minimum Gasteiger partial charge on any atom is -0.304 e. The molecule has 2 heterocycles. The van der Waals surface area contributed by atoms with Crippen LogP contribution in [0, 0.1) is 6.92 Å². The van der Waals surface area contributed by atoms with Crippen LogP contribution in [0.3, 0.4) is 0 Å². The van der Waals surface area contributed by atoms with E-state index in [1.807, 2.05) is 12.1 Å². The molecule has 2 heteroatoms. The summed E-state index contributed by atoms with van der Waals surface area (Å²) in [5, 5.41) is 0. The highest BCUT2D eigenvalue weighted by atomic mass is 15.0. The highest BCUT2D eigenvalue weighted by molar-refractivity contribution is 5.66. The molecule has 1 aliphatic carbocycles. The fourth-order valence-corrected chi connectivity index (χ4v) is 2.72. The predicted octanol–water partition coefficient (Wildman–Crippen LogP) is 4.19. The van der Waals surface area contributed by atoms with E-state index in [0.29, 0.717) is 0 Å². The van der Waals surface area contributed by atoms with Gasteiger partial charge in [0.15, 0.2) is 0 Å². The summed E-state index contributed by atoms with van der Waals surface area (Å²) in [6.07, 6.45) is 4.78. The number of fused-ring (bicyclic) bond motifs is 1. The van der Waals surface area contributed by atoms with Gasteiger partial charge >= 0.3 is 0 Å². The van der Waals surface area contributed by atoms with Crippen LogP contribution in [0.5, 0.6) is 0 Å². The van der Waals surface area contributed by atoms with E-state index in [2.05, 4.69) is 47.9 Å². The lowest BCUT2D eigenvalue weighted by Crippen LogP contribution is -1.86. The largest absolute Gasteiger partial charge is 0.304 e. The van der Waals surface area contributed by atoms with Gasteiger partial charge in [0, 0.05) is 17.5 Å². The monoisotopic (exact) mass is 248 g/mol. The summed E-state index contributed by atoms with van der Waals surface area (Å²) in [6, 6.07) is 15.1. The van der Waals surface area contributed by atoms with Gasteiger partial charge in [-0.25, -0.2) is 4.98 Å². The molecule has 0 atom stereocenters. The third kappa shape index (κ3) is 1.75. The number of aromatic nitrogens is 2. The van der Waals surface area contributed by atoms with E-state index < -0.39 is 0 Å². The van der Waals surface area contributed by atoms with Crippen molar-refractivity contribution in [3.63, 3.8) is 0 Å².